The van der Waals surface area contributed by atoms with Gasteiger partial charge in [0, 0.05) is 12.4 Å². The first-order valence-electron chi connectivity index (χ1n) is 2.35. The molecule has 0 aliphatic heterocycles. The summed E-state index contributed by atoms with van der Waals surface area (Å²) < 4.78 is 0. The Morgan fingerprint density at radius 1 is 1.50 bits per heavy atom. The van der Waals surface area contributed by atoms with Gasteiger partial charge >= 0.3 is 0 Å². The van der Waals surface area contributed by atoms with Crippen LogP contribution in [0.5, 0.6) is 0 Å². The Kier molecular flexibility index (Phi) is 6.09. The smallest absolute Gasteiger partial charge is 0.0328 e. The number of hydrogen-bond donors (Lipinski definition) is 1. The van der Waals surface area contributed by atoms with Crippen LogP contribution in [0.2, 0.25) is 0 Å². The number of nitrogens with zero attached hydrogens (tertiary/aromatic N) is 1. The standard InChI is InChI=1S/C6H9NS/c1-2-3-4-7-5-6-8/h2-6,8H,1H3/b3-2+,6-5-,7-4+. The lowest BCUT2D eigenvalue weighted by atomic mass is 10.6. The van der Waals surface area contributed by atoms with Gasteiger partial charge in [0.15, 0.2) is 0 Å². The third-order valence-corrected chi connectivity index (χ3v) is 0.651. The van der Waals surface area contributed by atoms with Gasteiger partial charge in [-0.25, -0.2) is 0 Å². The fourth-order valence-electron chi connectivity index (χ4n) is 0.224. The quantitative estimate of drug-likeness (QED) is 0.430. The summed E-state index contributed by atoms with van der Waals surface area (Å²) in [6.45, 7) is 1.94. The van der Waals surface area contributed by atoms with Gasteiger partial charge in [0.2, 0.25) is 0 Å². The van der Waals surface area contributed by atoms with Gasteiger partial charge in [-0.2, -0.15) is 0 Å². The first-order chi connectivity index (χ1) is 3.91. The second kappa shape index (κ2) is 6.50. The molecule has 0 amide bonds. The van der Waals surface area contributed by atoms with Crippen LogP contribution in [0.4, 0.5) is 0 Å². The molecule has 0 heterocycles. The van der Waals surface area contributed by atoms with Gasteiger partial charge in [-0.05, 0) is 18.4 Å². The lowest BCUT2D eigenvalue weighted by Gasteiger charge is -1.68. The molecule has 44 valence electrons. The van der Waals surface area contributed by atoms with Crippen molar-refractivity contribution in [1.82, 2.24) is 0 Å². The Morgan fingerprint density at radius 3 is 2.75 bits per heavy atom. The number of thiol groups is 1. The molecule has 2 heteroatoms. The fourth-order valence-corrected chi connectivity index (χ4v) is 0.301. The molecule has 0 unspecified atom stereocenters. The summed E-state index contributed by atoms with van der Waals surface area (Å²) >= 11 is 3.80. The predicted molar refractivity (Wildman–Crippen MR) is 41.4 cm³/mol. The van der Waals surface area contributed by atoms with E-state index in [1.54, 1.807) is 17.8 Å². The minimum atomic E-state index is 1.58. The average Bonchev–Trinajstić information content (AvgIpc) is 1.81. The van der Waals surface area contributed by atoms with Gasteiger partial charge in [-0.15, -0.1) is 12.6 Å². The van der Waals surface area contributed by atoms with E-state index in [1.807, 2.05) is 19.1 Å². The van der Waals surface area contributed by atoms with Crippen LogP contribution in [-0.2, 0) is 0 Å². The third kappa shape index (κ3) is 5.50. The number of aliphatic imine (C=N–C) groups is 1. The molecule has 0 spiro atoms. The van der Waals surface area contributed by atoms with Gasteiger partial charge in [-0.3, -0.25) is 4.99 Å². The zero-order valence-corrected chi connectivity index (χ0v) is 5.68. The van der Waals surface area contributed by atoms with Crippen molar-refractivity contribution in [2.45, 2.75) is 6.92 Å². The Balaban J connectivity index is 3.35. The molecular weight excluding hydrogens is 118 g/mol. The first kappa shape index (κ1) is 7.50. The van der Waals surface area contributed by atoms with E-state index in [1.165, 1.54) is 0 Å². The van der Waals surface area contributed by atoms with Gasteiger partial charge in [0.05, 0.1) is 0 Å². The summed E-state index contributed by atoms with van der Waals surface area (Å²) in [4.78, 5) is 3.81. The lowest BCUT2D eigenvalue weighted by Crippen LogP contribution is -1.56. The molecule has 0 aliphatic rings. The highest BCUT2D eigenvalue weighted by atomic mass is 32.1. The normalized spacial score (nSPS) is 12.8. The van der Waals surface area contributed by atoms with Gasteiger partial charge in [0.25, 0.3) is 0 Å². The van der Waals surface area contributed by atoms with Crippen LogP contribution in [0.1, 0.15) is 6.92 Å². The van der Waals surface area contributed by atoms with E-state index in [-0.39, 0.29) is 0 Å². The maximum Gasteiger partial charge on any atom is 0.0328 e. The van der Waals surface area contributed by atoms with Crippen molar-refractivity contribution in [3.8, 4) is 0 Å². The van der Waals surface area contributed by atoms with Crippen LogP contribution >= 0.6 is 12.6 Å². The minimum Gasteiger partial charge on any atom is -0.264 e. The van der Waals surface area contributed by atoms with E-state index < -0.39 is 0 Å². The summed E-state index contributed by atoms with van der Waals surface area (Å²) in [6, 6.07) is 0. The summed E-state index contributed by atoms with van der Waals surface area (Å²) in [6.07, 6.45) is 7.08. The zero-order valence-electron chi connectivity index (χ0n) is 4.78. The van der Waals surface area contributed by atoms with E-state index in [0.29, 0.717) is 0 Å². The van der Waals surface area contributed by atoms with Crippen LogP contribution in [0.15, 0.2) is 28.8 Å². The number of allylic oxidation sites excluding steroid dienone is 2. The highest BCUT2D eigenvalue weighted by molar-refractivity contribution is 7.83. The Hall–Kier alpha value is -0.500. The first-order valence-corrected chi connectivity index (χ1v) is 2.87. The highest BCUT2D eigenvalue weighted by Crippen LogP contribution is 1.76. The molecule has 0 aromatic heterocycles. The number of rotatable bonds is 2. The Bertz CT molecular complexity index is 99.7. The second-order valence-corrected chi connectivity index (χ2v) is 1.42. The summed E-state index contributed by atoms with van der Waals surface area (Å²) in [5, 5.41) is 1.58. The molecule has 0 saturated carbocycles. The maximum atomic E-state index is 3.81. The lowest BCUT2D eigenvalue weighted by molar-refractivity contribution is 1.61. The van der Waals surface area contributed by atoms with Gasteiger partial charge in [0.1, 0.15) is 0 Å². The molecule has 0 N–H and O–H groups in total. The fraction of sp³-hybridized carbons (Fsp3) is 0.167. The van der Waals surface area contributed by atoms with E-state index in [4.69, 9.17) is 0 Å². The molecular formula is C6H9NS. The van der Waals surface area contributed by atoms with Crippen molar-refractivity contribution in [2.24, 2.45) is 4.99 Å². The predicted octanol–water partition coefficient (Wildman–Crippen LogP) is 2.03. The molecule has 0 aliphatic carbocycles. The highest BCUT2D eigenvalue weighted by Gasteiger charge is 1.55. The van der Waals surface area contributed by atoms with E-state index in [2.05, 4.69) is 17.6 Å². The molecule has 0 bridgehead atoms. The maximum absolute atomic E-state index is 3.81. The van der Waals surface area contributed by atoms with Crippen molar-refractivity contribution < 1.29 is 0 Å². The van der Waals surface area contributed by atoms with Crippen LogP contribution in [-0.4, -0.2) is 6.21 Å². The SMILES string of the molecule is C/C=C/C=N/C=C\S. The van der Waals surface area contributed by atoms with Gasteiger partial charge < -0.3 is 0 Å². The second-order valence-electron chi connectivity index (χ2n) is 1.12. The molecule has 0 saturated heterocycles. The van der Waals surface area contributed by atoms with Crippen LogP contribution in [0, 0.1) is 0 Å². The molecule has 0 rings (SSSR count). The summed E-state index contributed by atoms with van der Waals surface area (Å²) in [5.74, 6) is 0. The Morgan fingerprint density at radius 2 is 2.25 bits per heavy atom. The molecule has 0 atom stereocenters. The van der Waals surface area contributed by atoms with Crippen molar-refractivity contribution >= 4 is 18.8 Å². The van der Waals surface area contributed by atoms with Crippen molar-refractivity contribution in [1.29, 1.82) is 0 Å². The average molecular weight is 127 g/mol. The van der Waals surface area contributed by atoms with Gasteiger partial charge in [-0.1, -0.05) is 6.08 Å². The molecule has 1 nitrogen and oxygen atoms in total. The monoisotopic (exact) mass is 127 g/mol. The van der Waals surface area contributed by atoms with Crippen molar-refractivity contribution in [3.05, 3.63) is 23.8 Å². The van der Waals surface area contributed by atoms with Crippen LogP contribution < -0.4 is 0 Å². The molecule has 0 fully saturated rings. The molecule has 0 aromatic rings. The number of hydrogen-bond acceptors (Lipinski definition) is 2. The zero-order chi connectivity index (χ0) is 6.24. The van der Waals surface area contributed by atoms with E-state index in [9.17, 15) is 0 Å². The van der Waals surface area contributed by atoms with Crippen molar-refractivity contribution in [2.75, 3.05) is 0 Å². The van der Waals surface area contributed by atoms with E-state index >= 15 is 0 Å². The summed E-state index contributed by atoms with van der Waals surface area (Å²) in [5.41, 5.74) is 0. The molecule has 0 radical (unpaired) electrons. The largest absolute Gasteiger partial charge is 0.264 e. The van der Waals surface area contributed by atoms with Crippen molar-refractivity contribution in [3.63, 3.8) is 0 Å². The summed E-state index contributed by atoms with van der Waals surface area (Å²) in [7, 11) is 0. The Labute approximate surface area is 55.2 Å². The van der Waals surface area contributed by atoms with Crippen LogP contribution in [0.25, 0.3) is 0 Å². The molecule has 8 heavy (non-hydrogen) atoms. The van der Waals surface area contributed by atoms with Crippen LogP contribution in [0.3, 0.4) is 0 Å². The minimum absolute atomic E-state index is 1.58. The topological polar surface area (TPSA) is 12.4 Å². The third-order valence-electron chi connectivity index (χ3n) is 0.517. The van der Waals surface area contributed by atoms with E-state index in [0.717, 1.165) is 0 Å². The molecule has 0 aromatic carbocycles.